The number of carbonyl (C=O) groups excluding carboxylic acids is 8. The highest BCUT2D eigenvalue weighted by atomic mass is 33.1. The molecule has 0 aliphatic heterocycles. The SMILES string of the molecule is COC(=O)CNC(=O)[C@H](CSSC[C@H](NC(=O)CC[C@H](NCc1ccccc1[N+](=O)[O-])C(=O)OC)C(=O)NCC(=O)OC)NC(=O)CC[C@H](NCc1ccccc1[N+](=O)[O-])C(=O)OC. The minimum absolute atomic E-state index is 0.110. The summed E-state index contributed by atoms with van der Waals surface area (Å²) in [7, 11) is 6.45. The molecule has 0 bridgehead atoms. The van der Waals surface area contributed by atoms with Gasteiger partial charge in [-0.05, 0) is 12.8 Å². The molecule has 0 aromatic heterocycles. The minimum atomic E-state index is -1.28. The number of nitro benzene ring substituents is 2. The summed E-state index contributed by atoms with van der Waals surface area (Å²) < 4.78 is 18.8. The van der Waals surface area contributed by atoms with Crippen molar-refractivity contribution < 1.29 is 67.2 Å². The summed E-state index contributed by atoms with van der Waals surface area (Å²) in [5.74, 6) is -6.35. The highest BCUT2D eigenvalue weighted by Gasteiger charge is 2.28. The normalized spacial score (nSPS) is 12.5. The molecule has 26 heteroatoms. The number of rotatable bonds is 29. The summed E-state index contributed by atoms with van der Waals surface area (Å²) >= 11 is 0. The smallest absolute Gasteiger partial charge is 0.325 e. The Bertz CT molecular complexity index is 1840. The first kappa shape index (κ1) is 53.8. The molecule has 24 nitrogen and oxygen atoms in total. The second-order valence-electron chi connectivity index (χ2n) is 13.2. The van der Waals surface area contributed by atoms with E-state index >= 15 is 0 Å². The lowest BCUT2D eigenvalue weighted by molar-refractivity contribution is -0.385. The van der Waals surface area contributed by atoms with Gasteiger partial charge in [0.1, 0.15) is 37.3 Å². The third-order valence-electron chi connectivity index (χ3n) is 8.87. The molecule has 0 radical (unpaired) electrons. The van der Waals surface area contributed by atoms with Crippen LogP contribution in [0.25, 0.3) is 0 Å². The van der Waals surface area contributed by atoms with Crippen LogP contribution < -0.4 is 31.9 Å². The number of ether oxygens (including phenoxy) is 4. The average molecular weight is 939 g/mol. The molecule has 0 unspecified atom stereocenters. The summed E-state index contributed by atoms with van der Waals surface area (Å²) in [6, 6.07) is 7.01. The van der Waals surface area contributed by atoms with Gasteiger partial charge in [0.2, 0.25) is 23.6 Å². The van der Waals surface area contributed by atoms with Crippen molar-refractivity contribution in [3.63, 3.8) is 0 Å². The molecule has 4 amide bonds. The third kappa shape index (κ3) is 19.3. The predicted molar refractivity (Wildman–Crippen MR) is 229 cm³/mol. The molecule has 64 heavy (non-hydrogen) atoms. The van der Waals surface area contributed by atoms with Crippen LogP contribution in [0.1, 0.15) is 36.8 Å². The van der Waals surface area contributed by atoms with E-state index in [1.54, 1.807) is 12.1 Å². The van der Waals surface area contributed by atoms with E-state index in [1.165, 1.54) is 36.4 Å². The topological polar surface area (TPSA) is 332 Å². The predicted octanol–water partition coefficient (Wildman–Crippen LogP) is -0.0446. The van der Waals surface area contributed by atoms with Crippen molar-refractivity contribution in [1.82, 2.24) is 31.9 Å². The third-order valence-corrected chi connectivity index (χ3v) is 11.3. The van der Waals surface area contributed by atoms with E-state index in [9.17, 15) is 58.6 Å². The number of amides is 4. The molecule has 4 atom stereocenters. The summed E-state index contributed by atoms with van der Waals surface area (Å²) in [4.78, 5) is 123. The van der Waals surface area contributed by atoms with Crippen LogP contribution >= 0.6 is 21.6 Å². The van der Waals surface area contributed by atoms with Crippen LogP contribution in [0.3, 0.4) is 0 Å². The summed E-state index contributed by atoms with van der Waals surface area (Å²) in [5.41, 5.74) is 0.192. The van der Waals surface area contributed by atoms with Gasteiger partial charge in [-0.2, -0.15) is 0 Å². The maximum atomic E-state index is 13.1. The molecule has 0 heterocycles. The van der Waals surface area contributed by atoms with Crippen molar-refractivity contribution in [3.05, 3.63) is 79.9 Å². The number of nitrogens with one attached hydrogen (secondary N) is 6. The molecule has 0 saturated heterocycles. The van der Waals surface area contributed by atoms with Crippen LogP contribution in [0.5, 0.6) is 0 Å². The van der Waals surface area contributed by atoms with Crippen LogP contribution in [-0.4, -0.2) is 135 Å². The molecule has 2 rings (SSSR count). The molecule has 0 aliphatic carbocycles. The number of nitrogens with zero attached hydrogens (tertiary/aromatic N) is 2. The van der Waals surface area contributed by atoms with Crippen LogP contribution in [0.15, 0.2) is 48.5 Å². The zero-order chi connectivity index (χ0) is 47.6. The Balaban J connectivity index is 2.12. The first-order valence-electron chi connectivity index (χ1n) is 19.1. The molecule has 0 spiro atoms. The van der Waals surface area contributed by atoms with Gasteiger partial charge in [0.15, 0.2) is 0 Å². The average Bonchev–Trinajstić information content (AvgIpc) is 3.29. The lowest BCUT2D eigenvalue weighted by Crippen LogP contribution is -2.50. The van der Waals surface area contributed by atoms with Crippen LogP contribution in [0.2, 0.25) is 0 Å². The van der Waals surface area contributed by atoms with E-state index in [4.69, 9.17) is 9.47 Å². The fourth-order valence-electron chi connectivity index (χ4n) is 5.43. The molecule has 6 N–H and O–H groups in total. The zero-order valence-corrected chi connectivity index (χ0v) is 36.9. The maximum absolute atomic E-state index is 13.1. The number of para-hydroxylation sites is 2. The van der Waals surface area contributed by atoms with E-state index in [-0.39, 0.29) is 72.8 Å². The fourth-order valence-corrected chi connectivity index (χ4v) is 7.75. The van der Waals surface area contributed by atoms with Gasteiger partial charge in [0.05, 0.1) is 38.3 Å². The van der Waals surface area contributed by atoms with Gasteiger partial charge in [0.25, 0.3) is 11.4 Å². The van der Waals surface area contributed by atoms with Crippen molar-refractivity contribution >= 4 is 80.5 Å². The first-order chi connectivity index (χ1) is 30.5. The Kier molecular flexibility index (Phi) is 24.4. The Hall–Kier alpha value is -6.38. The Labute approximate surface area is 374 Å². The number of carbonyl (C=O) groups is 8. The quantitative estimate of drug-likeness (QED) is 0.0156. The lowest BCUT2D eigenvalue weighted by Gasteiger charge is -2.21. The van der Waals surface area contributed by atoms with E-state index < -0.39 is 94.6 Å². The van der Waals surface area contributed by atoms with Crippen molar-refractivity contribution in [2.45, 2.75) is 62.9 Å². The van der Waals surface area contributed by atoms with Crippen LogP contribution in [0.4, 0.5) is 11.4 Å². The first-order valence-corrected chi connectivity index (χ1v) is 21.6. The largest absolute Gasteiger partial charge is 0.468 e. The molecule has 2 aromatic rings. The Morgan fingerprint density at radius 3 is 1.25 bits per heavy atom. The van der Waals surface area contributed by atoms with Gasteiger partial charge in [-0.1, -0.05) is 58.0 Å². The second kappa shape index (κ2) is 29.1. The van der Waals surface area contributed by atoms with Gasteiger partial charge in [0, 0.05) is 60.7 Å². The highest BCUT2D eigenvalue weighted by molar-refractivity contribution is 8.76. The molecule has 350 valence electrons. The van der Waals surface area contributed by atoms with Crippen LogP contribution in [-0.2, 0) is 70.4 Å². The molecular weight excluding hydrogens is 889 g/mol. The summed E-state index contributed by atoms with van der Waals surface area (Å²) in [6.45, 7) is -1.29. The van der Waals surface area contributed by atoms with E-state index in [2.05, 4.69) is 41.4 Å². The van der Waals surface area contributed by atoms with Crippen molar-refractivity contribution in [1.29, 1.82) is 0 Å². The molecule has 0 fully saturated rings. The second-order valence-corrected chi connectivity index (χ2v) is 15.7. The summed E-state index contributed by atoms with van der Waals surface area (Å²) in [5, 5.41) is 38.3. The Morgan fingerprint density at radius 1 is 0.562 bits per heavy atom. The van der Waals surface area contributed by atoms with Gasteiger partial charge in [-0.15, -0.1) is 0 Å². The van der Waals surface area contributed by atoms with Gasteiger partial charge in [-0.25, -0.2) is 0 Å². The van der Waals surface area contributed by atoms with Gasteiger partial charge >= 0.3 is 23.9 Å². The fraction of sp³-hybridized carbons (Fsp3) is 0.474. The van der Waals surface area contributed by atoms with Crippen molar-refractivity contribution in [3.8, 4) is 0 Å². The Morgan fingerprint density at radius 2 is 0.922 bits per heavy atom. The summed E-state index contributed by atoms with van der Waals surface area (Å²) in [6.07, 6.45) is -0.943. The van der Waals surface area contributed by atoms with Crippen molar-refractivity contribution in [2.75, 3.05) is 53.0 Å². The number of methoxy groups -OCH3 is 4. The van der Waals surface area contributed by atoms with Gasteiger partial charge < -0.3 is 50.8 Å². The molecular formula is C38H50N8O16S2. The van der Waals surface area contributed by atoms with E-state index in [1.807, 2.05) is 0 Å². The number of esters is 4. The van der Waals surface area contributed by atoms with E-state index in [0.29, 0.717) is 0 Å². The number of hydrogen-bond donors (Lipinski definition) is 6. The van der Waals surface area contributed by atoms with Crippen LogP contribution in [0, 0.1) is 20.2 Å². The standard InChI is InChI=1S/C38H50N8O16S2/c1-59-33(49)19-41-35(51)27(43-31(47)15-13-25(37(53)61-3)39-17-23-9-5-7-11-29(23)45(55)56)21-63-64-22-28(36(52)42-20-34(50)60-2)44-32(48)16-14-26(38(54)62-4)40-18-24-10-6-8-12-30(24)46(57)58/h5-12,25-28,39-40H,13-22H2,1-4H3,(H,41,51)(H,42,52)(H,43,47)(H,44,48)/t25-,26-,27-,28-/m0/s1. The number of benzene rings is 2. The number of hydrogen-bond acceptors (Lipinski definition) is 20. The van der Waals surface area contributed by atoms with Gasteiger partial charge in [-0.3, -0.25) is 58.6 Å². The molecule has 0 aliphatic rings. The van der Waals surface area contributed by atoms with E-state index in [0.717, 1.165) is 50.0 Å². The van der Waals surface area contributed by atoms with Crippen molar-refractivity contribution in [2.24, 2.45) is 0 Å². The zero-order valence-electron chi connectivity index (χ0n) is 35.2. The monoisotopic (exact) mass is 938 g/mol. The lowest BCUT2D eigenvalue weighted by atomic mass is 10.1. The molecule has 2 aromatic carbocycles. The maximum Gasteiger partial charge on any atom is 0.325 e. The molecule has 0 saturated carbocycles. The number of nitro groups is 2. The highest BCUT2D eigenvalue weighted by Crippen LogP contribution is 2.24. The minimum Gasteiger partial charge on any atom is -0.468 e.